The van der Waals surface area contributed by atoms with Crippen molar-refractivity contribution in [1.82, 2.24) is 9.80 Å². The number of ether oxygens (including phenoxy) is 1. The lowest BCUT2D eigenvalue weighted by atomic mass is 10.0. The van der Waals surface area contributed by atoms with Crippen LogP contribution >= 0.6 is 11.3 Å². The summed E-state index contributed by atoms with van der Waals surface area (Å²) in [4.78, 5) is 18.6. The molecular weight excluding hydrogens is 420 g/mol. The number of hydrogen-bond donors (Lipinski definition) is 1. The summed E-state index contributed by atoms with van der Waals surface area (Å²) in [6.07, 6.45) is 5.34. The fraction of sp³-hybridized carbons (Fsp3) is 0.423. The van der Waals surface area contributed by atoms with Crippen molar-refractivity contribution in [3.63, 3.8) is 0 Å². The molecule has 1 aromatic carbocycles. The van der Waals surface area contributed by atoms with Crippen LogP contribution in [0.3, 0.4) is 0 Å². The SMILES string of the molecule is C=CCC[C@H](O)CN(CC=C)CC(=O)N1CCc2sccc2[C@@H]1COc1cccc(C)c1. The first kappa shape index (κ1) is 24.2. The molecule has 0 saturated heterocycles. The molecule has 1 amide bonds. The van der Waals surface area contributed by atoms with Crippen LogP contribution in [0.1, 0.15) is 34.9 Å². The van der Waals surface area contributed by atoms with Gasteiger partial charge in [-0.25, -0.2) is 0 Å². The smallest absolute Gasteiger partial charge is 0.237 e. The zero-order chi connectivity index (χ0) is 22.9. The van der Waals surface area contributed by atoms with E-state index in [0.717, 1.165) is 24.2 Å². The second-order valence-corrected chi connectivity index (χ2v) is 9.28. The number of hydrogen-bond acceptors (Lipinski definition) is 5. The molecule has 0 bridgehead atoms. The molecule has 0 fully saturated rings. The number of aliphatic hydroxyl groups is 1. The van der Waals surface area contributed by atoms with Crippen molar-refractivity contribution < 1.29 is 14.6 Å². The van der Waals surface area contributed by atoms with Crippen molar-refractivity contribution >= 4 is 17.2 Å². The summed E-state index contributed by atoms with van der Waals surface area (Å²) in [5.74, 6) is 0.871. The Bertz CT molecular complexity index is 910. The molecule has 1 aliphatic heterocycles. The number of amides is 1. The molecule has 0 aliphatic carbocycles. The maximum absolute atomic E-state index is 13.4. The van der Waals surface area contributed by atoms with E-state index in [1.54, 1.807) is 23.5 Å². The van der Waals surface area contributed by atoms with Gasteiger partial charge >= 0.3 is 0 Å². The molecule has 0 unspecified atom stereocenters. The monoisotopic (exact) mass is 454 g/mol. The molecule has 0 spiro atoms. The number of fused-ring (bicyclic) bond motifs is 1. The summed E-state index contributed by atoms with van der Waals surface area (Å²) < 4.78 is 6.13. The lowest BCUT2D eigenvalue weighted by Gasteiger charge is -2.37. The molecule has 0 saturated carbocycles. The summed E-state index contributed by atoms with van der Waals surface area (Å²) in [6.45, 7) is 11.9. The number of rotatable bonds is 12. The third-order valence-electron chi connectivity index (χ3n) is 5.73. The molecule has 1 aliphatic rings. The van der Waals surface area contributed by atoms with Gasteiger partial charge in [0.25, 0.3) is 0 Å². The minimum absolute atomic E-state index is 0.0532. The number of carbonyl (C=O) groups excluding carboxylic acids is 1. The molecular formula is C26H34N2O3S. The normalized spacial score (nSPS) is 16.5. The number of aryl methyl sites for hydroxylation is 1. The number of thiophene rings is 1. The van der Waals surface area contributed by atoms with E-state index in [2.05, 4.69) is 24.6 Å². The number of benzene rings is 1. The Morgan fingerprint density at radius 1 is 1.38 bits per heavy atom. The van der Waals surface area contributed by atoms with Crippen molar-refractivity contribution in [3.8, 4) is 5.75 Å². The average molecular weight is 455 g/mol. The highest BCUT2D eigenvalue weighted by Crippen LogP contribution is 2.34. The molecule has 6 heteroatoms. The van der Waals surface area contributed by atoms with Crippen LogP contribution in [0.15, 0.2) is 61.0 Å². The summed E-state index contributed by atoms with van der Waals surface area (Å²) in [7, 11) is 0. The van der Waals surface area contributed by atoms with E-state index in [9.17, 15) is 9.90 Å². The first-order valence-corrected chi connectivity index (χ1v) is 12.1. The Hall–Kier alpha value is -2.41. The van der Waals surface area contributed by atoms with Gasteiger partial charge in [-0.15, -0.1) is 24.5 Å². The van der Waals surface area contributed by atoms with E-state index in [1.807, 2.05) is 41.0 Å². The molecule has 5 nitrogen and oxygen atoms in total. The largest absolute Gasteiger partial charge is 0.491 e. The molecule has 2 heterocycles. The van der Waals surface area contributed by atoms with Crippen LogP contribution in [0.2, 0.25) is 0 Å². The van der Waals surface area contributed by atoms with Crippen LogP contribution in [0, 0.1) is 6.92 Å². The fourth-order valence-electron chi connectivity index (χ4n) is 4.12. The van der Waals surface area contributed by atoms with Crippen LogP contribution in [-0.4, -0.2) is 59.7 Å². The van der Waals surface area contributed by atoms with Gasteiger partial charge < -0.3 is 14.7 Å². The summed E-state index contributed by atoms with van der Waals surface area (Å²) in [5, 5.41) is 12.4. The van der Waals surface area contributed by atoms with E-state index in [-0.39, 0.29) is 18.5 Å². The van der Waals surface area contributed by atoms with Crippen molar-refractivity contribution in [2.45, 2.75) is 38.3 Å². The van der Waals surface area contributed by atoms with Crippen molar-refractivity contribution in [2.24, 2.45) is 0 Å². The van der Waals surface area contributed by atoms with Gasteiger partial charge in [-0.2, -0.15) is 0 Å². The number of carbonyl (C=O) groups is 1. The van der Waals surface area contributed by atoms with Crippen molar-refractivity contribution in [3.05, 3.63) is 77.0 Å². The Kier molecular flexibility index (Phi) is 9.09. The van der Waals surface area contributed by atoms with Gasteiger partial charge in [0.05, 0.1) is 18.7 Å². The molecule has 1 N–H and O–H groups in total. The fourth-order valence-corrected chi connectivity index (χ4v) is 5.05. The highest BCUT2D eigenvalue weighted by Gasteiger charge is 2.33. The number of allylic oxidation sites excluding steroid dienone is 1. The Morgan fingerprint density at radius 3 is 2.97 bits per heavy atom. The second-order valence-electron chi connectivity index (χ2n) is 8.28. The molecule has 2 atom stereocenters. The van der Waals surface area contributed by atoms with Crippen LogP contribution in [0.4, 0.5) is 0 Å². The van der Waals surface area contributed by atoms with Gasteiger partial charge in [0, 0.05) is 24.5 Å². The van der Waals surface area contributed by atoms with Gasteiger partial charge in [0.2, 0.25) is 5.91 Å². The Balaban J connectivity index is 1.70. The van der Waals surface area contributed by atoms with Crippen molar-refractivity contribution in [2.75, 3.05) is 32.8 Å². The summed E-state index contributed by atoms with van der Waals surface area (Å²) in [6, 6.07) is 9.99. The second kappa shape index (κ2) is 12.0. The van der Waals surface area contributed by atoms with E-state index in [1.165, 1.54) is 10.4 Å². The maximum atomic E-state index is 13.4. The molecule has 0 radical (unpaired) electrons. The van der Waals surface area contributed by atoms with E-state index in [0.29, 0.717) is 32.7 Å². The number of aliphatic hydroxyl groups excluding tert-OH is 1. The Morgan fingerprint density at radius 2 is 2.22 bits per heavy atom. The average Bonchev–Trinajstić information content (AvgIpc) is 3.25. The molecule has 2 aromatic rings. The van der Waals surface area contributed by atoms with E-state index in [4.69, 9.17) is 4.74 Å². The highest BCUT2D eigenvalue weighted by molar-refractivity contribution is 7.10. The standard InChI is InChI=1S/C26H34N2O3S/c1-4-6-9-21(29)17-27(13-5-2)18-26(30)28-14-11-25-23(12-15-32-25)24(28)19-31-22-10-7-8-20(3)16-22/h4-5,7-8,10,12,15-16,21,24,29H,1-2,6,9,11,13-14,17-19H2,3H3/t21-,24-/m0/s1. The van der Waals surface area contributed by atoms with Crippen LogP contribution < -0.4 is 4.74 Å². The van der Waals surface area contributed by atoms with Gasteiger partial charge in [-0.05, 0) is 60.9 Å². The lowest BCUT2D eigenvalue weighted by molar-refractivity contribution is -0.136. The van der Waals surface area contributed by atoms with Gasteiger partial charge in [-0.3, -0.25) is 9.69 Å². The van der Waals surface area contributed by atoms with Crippen LogP contribution in [0.25, 0.3) is 0 Å². The third kappa shape index (κ3) is 6.55. The first-order valence-electron chi connectivity index (χ1n) is 11.2. The van der Waals surface area contributed by atoms with E-state index < -0.39 is 6.10 Å². The minimum Gasteiger partial charge on any atom is -0.491 e. The molecule has 32 heavy (non-hydrogen) atoms. The summed E-state index contributed by atoms with van der Waals surface area (Å²) in [5.41, 5.74) is 2.33. The van der Waals surface area contributed by atoms with Crippen molar-refractivity contribution in [1.29, 1.82) is 0 Å². The van der Waals surface area contributed by atoms with Crippen LogP contribution in [0.5, 0.6) is 5.75 Å². The van der Waals surface area contributed by atoms with Gasteiger partial charge in [0.15, 0.2) is 0 Å². The van der Waals surface area contributed by atoms with Crippen LogP contribution in [-0.2, 0) is 11.2 Å². The predicted molar refractivity (Wildman–Crippen MR) is 131 cm³/mol. The quantitative estimate of drug-likeness (QED) is 0.484. The highest BCUT2D eigenvalue weighted by atomic mass is 32.1. The zero-order valence-corrected chi connectivity index (χ0v) is 19.7. The van der Waals surface area contributed by atoms with Gasteiger partial charge in [0.1, 0.15) is 12.4 Å². The molecule has 172 valence electrons. The molecule has 3 rings (SSSR count). The number of nitrogens with zero attached hydrogens (tertiary/aromatic N) is 2. The first-order chi connectivity index (χ1) is 15.5. The lowest BCUT2D eigenvalue weighted by Crippen LogP contribution is -2.47. The Labute approximate surface area is 195 Å². The minimum atomic E-state index is -0.494. The molecule has 1 aromatic heterocycles. The zero-order valence-electron chi connectivity index (χ0n) is 18.9. The van der Waals surface area contributed by atoms with Gasteiger partial charge in [-0.1, -0.05) is 24.3 Å². The maximum Gasteiger partial charge on any atom is 0.237 e. The predicted octanol–water partition coefficient (Wildman–Crippen LogP) is 4.38. The van der Waals surface area contributed by atoms with E-state index >= 15 is 0 Å². The topological polar surface area (TPSA) is 53.0 Å². The third-order valence-corrected chi connectivity index (χ3v) is 6.73. The summed E-state index contributed by atoms with van der Waals surface area (Å²) >= 11 is 1.75.